The lowest BCUT2D eigenvalue weighted by Gasteiger charge is -2.25. The Morgan fingerprint density at radius 3 is 2.42 bits per heavy atom. The summed E-state index contributed by atoms with van der Waals surface area (Å²) in [6, 6.07) is 7.29. The number of nitrogens with one attached hydrogen (secondary N) is 1. The van der Waals surface area contributed by atoms with Crippen molar-refractivity contribution in [3.8, 4) is 0 Å². The zero-order valence-electron chi connectivity index (χ0n) is 16.1. The normalized spacial score (nSPS) is 14.6. The molecule has 2 aromatic rings. The Balaban J connectivity index is 0.00000243. The number of rotatable bonds is 10. The molecule has 0 unspecified atom stereocenters. The minimum absolute atomic E-state index is 0. The fraction of sp³-hybridized carbons (Fsp3) is 0.667. The van der Waals surface area contributed by atoms with E-state index in [1.54, 1.807) is 0 Å². The van der Waals surface area contributed by atoms with E-state index in [2.05, 4.69) is 35.3 Å². The van der Waals surface area contributed by atoms with Crippen molar-refractivity contribution in [1.82, 2.24) is 10.3 Å². The summed E-state index contributed by atoms with van der Waals surface area (Å²) in [6.07, 6.45) is 12.1. The van der Waals surface area contributed by atoms with Crippen LogP contribution in [0.25, 0.3) is 11.1 Å². The Labute approximate surface area is 164 Å². The molecule has 0 amide bonds. The average Bonchev–Trinajstić information content (AvgIpc) is 3.08. The predicted octanol–water partition coefficient (Wildman–Crippen LogP) is 5.34. The lowest BCUT2D eigenvalue weighted by atomic mass is 10.0. The molecule has 1 N–H and O–H groups in total. The van der Waals surface area contributed by atoms with E-state index in [9.17, 15) is 0 Å². The van der Waals surface area contributed by atoms with Gasteiger partial charge in [-0.3, -0.25) is 0 Å². The Morgan fingerprint density at radius 2 is 1.69 bits per heavy atom. The predicted molar refractivity (Wildman–Crippen MR) is 113 cm³/mol. The molecule has 1 aliphatic rings. The van der Waals surface area contributed by atoms with Gasteiger partial charge in [-0.25, -0.2) is 0 Å². The molecule has 0 saturated carbocycles. The number of anilines is 1. The molecule has 2 heterocycles. The number of nitrogens with zero attached hydrogens (tertiary/aromatic N) is 2. The monoisotopic (exact) mass is 379 g/mol. The number of aromatic nitrogens is 1. The summed E-state index contributed by atoms with van der Waals surface area (Å²) >= 11 is 0. The maximum atomic E-state index is 5.94. The van der Waals surface area contributed by atoms with E-state index in [0.717, 1.165) is 49.7 Å². The van der Waals surface area contributed by atoms with Gasteiger partial charge in [0.2, 0.25) is 0 Å². The molecule has 1 aromatic heterocycles. The highest BCUT2D eigenvalue weighted by Gasteiger charge is 2.16. The van der Waals surface area contributed by atoms with Crippen molar-refractivity contribution < 1.29 is 4.42 Å². The lowest BCUT2D eigenvalue weighted by Crippen LogP contribution is -2.43. The summed E-state index contributed by atoms with van der Waals surface area (Å²) < 4.78 is 5.94. The third-order valence-electron chi connectivity index (χ3n) is 5.15. The third kappa shape index (κ3) is 6.17. The van der Waals surface area contributed by atoms with Crippen molar-refractivity contribution in [3.05, 3.63) is 23.8 Å². The van der Waals surface area contributed by atoms with Crippen molar-refractivity contribution in [2.45, 2.75) is 64.7 Å². The van der Waals surface area contributed by atoms with E-state index < -0.39 is 0 Å². The van der Waals surface area contributed by atoms with Crippen LogP contribution in [0.2, 0.25) is 0 Å². The summed E-state index contributed by atoms with van der Waals surface area (Å²) in [4.78, 5) is 6.95. The topological polar surface area (TPSA) is 41.3 Å². The summed E-state index contributed by atoms with van der Waals surface area (Å²) in [5.41, 5.74) is 3.30. The lowest BCUT2D eigenvalue weighted by molar-refractivity contribution is 0.517. The average molecular weight is 380 g/mol. The number of aryl methyl sites for hydroxylation is 1. The second-order valence-corrected chi connectivity index (χ2v) is 7.26. The molecule has 0 bridgehead atoms. The molecule has 5 heteroatoms. The largest absolute Gasteiger partial charge is 0.423 e. The smallest absolute Gasteiger partial charge is 0.298 e. The van der Waals surface area contributed by atoms with Gasteiger partial charge in [-0.05, 0) is 30.5 Å². The van der Waals surface area contributed by atoms with E-state index in [1.807, 2.05) is 0 Å². The van der Waals surface area contributed by atoms with Crippen LogP contribution in [0.5, 0.6) is 0 Å². The van der Waals surface area contributed by atoms with Gasteiger partial charge in [-0.1, -0.05) is 57.9 Å². The highest BCUT2D eigenvalue weighted by molar-refractivity contribution is 5.85. The number of benzene rings is 1. The van der Waals surface area contributed by atoms with E-state index in [-0.39, 0.29) is 12.4 Å². The number of piperazine rings is 1. The Kier molecular flexibility index (Phi) is 9.27. The number of fused-ring (bicyclic) bond motifs is 1. The van der Waals surface area contributed by atoms with Crippen LogP contribution in [0.4, 0.5) is 6.01 Å². The van der Waals surface area contributed by atoms with Crippen LogP contribution < -0.4 is 10.2 Å². The van der Waals surface area contributed by atoms with Gasteiger partial charge >= 0.3 is 0 Å². The van der Waals surface area contributed by atoms with Crippen molar-refractivity contribution in [2.24, 2.45) is 0 Å². The third-order valence-corrected chi connectivity index (χ3v) is 5.15. The first kappa shape index (κ1) is 21.0. The van der Waals surface area contributed by atoms with Gasteiger partial charge in [0.05, 0.1) is 0 Å². The van der Waals surface area contributed by atoms with Gasteiger partial charge in [-0.15, -0.1) is 12.4 Å². The Hall–Kier alpha value is -1.26. The van der Waals surface area contributed by atoms with E-state index in [0.29, 0.717) is 0 Å². The number of hydrogen-bond donors (Lipinski definition) is 1. The van der Waals surface area contributed by atoms with Gasteiger partial charge < -0.3 is 14.6 Å². The molecule has 3 rings (SSSR count). The molecule has 1 aliphatic heterocycles. The molecule has 0 atom stereocenters. The second kappa shape index (κ2) is 11.5. The maximum Gasteiger partial charge on any atom is 0.298 e. The number of halogens is 1. The molecule has 0 aliphatic carbocycles. The molecular formula is C21H34ClN3O. The molecule has 0 spiro atoms. The first-order valence-electron chi connectivity index (χ1n) is 10.2. The highest BCUT2D eigenvalue weighted by Crippen LogP contribution is 2.24. The maximum absolute atomic E-state index is 5.94. The summed E-state index contributed by atoms with van der Waals surface area (Å²) in [6.45, 7) is 6.22. The fourth-order valence-corrected chi connectivity index (χ4v) is 3.57. The standard InChI is InChI=1S/C21H33N3O.ClH/c1-2-3-4-5-6-7-8-9-10-18-11-12-20-19(17-18)23-21(25-20)24-15-13-22-14-16-24;/h11-12,17,22H,2-10,13-16H2,1H3;1H. The zero-order chi connectivity index (χ0) is 17.3. The van der Waals surface area contributed by atoms with Crippen molar-refractivity contribution >= 4 is 29.5 Å². The van der Waals surface area contributed by atoms with Crippen molar-refractivity contribution in [3.63, 3.8) is 0 Å². The minimum atomic E-state index is 0. The van der Waals surface area contributed by atoms with Crippen LogP contribution in [-0.4, -0.2) is 31.2 Å². The molecular weight excluding hydrogens is 346 g/mol. The number of oxazole rings is 1. The van der Waals surface area contributed by atoms with Gasteiger partial charge in [0.25, 0.3) is 6.01 Å². The Morgan fingerprint density at radius 1 is 1.00 bits per heavy atom. The van der Waals surface area contributed by atoms with Gasteiger partial charge in [0.1, 0.15) is 5.52 Å². The van der Waals surface area contributed by atoms with Gasteiger partial charge in [-0.2, -0.15) is 4.98 Å². The van der Waals surface area contributed by atoms with E-state index in [1.165, 1.54) is 56.9 Å². The van der Waals surface area contributed by atoms with Gasteiger partial charge in [0, 0.05) is 26.2 Å². The van der Waals surface area contributed by atoms with E-state index >= 15 is 0 Å². The molecule has 0 radical (unpaired) electrons. The first-order valence-corrected chi connectivity index (χ1v) is 10.2. The van der Waals surface area contributed by atoms with Crippen molar-refractivity contribution in [1.29, 1.82) is 0 Å². The molecule has 1 fully saturated rings. The van der Waals surface area contributed by atoms with Crippen molar-refractivity contribution in [2.75, 3.05) is 31.1 Å². The summed E-state index contributed by atoms with van der Waals surface area (Å²) in [5.74, 6) is 0. The Bertz CT molecular complexity index is 637. The van der Waals surface area contributed by atoms with Crippen LogP contribution in [0, 0.1) is 0 Å². The number of unbranched alkanes of at least 4 members (excludes halogenated alkanes) is 7. The highest BCUT2D eigenvalue weighted by atomic mass is 35.5. The fourth-order valence-electron chi connectivity index (χ4n) is 3.57. The summed E-state index contributed by atoms with van der Waals surface area (Å²) in [5, 5.41) is 3.36. The molecule has 4 nitrogen and oxygen atoms in total. The second-order valence-electron chi connectivity index (χ2n) is 7.26. The van der Waals surface area contributed by atoms with Crippen LogP contribution in [0.15, 0.2) is 22.6 Å². The molecule has 1 saturated heterocycles. The van der Waals surface area contributed by atoms with Crippen LogP contribution in [-0.2, 0) is 6.42 Å². The molecule has 26 heavy (non-hydrogen) atoms. The van der Waals surface area contributed by atoms with Crippen LogP contribution in [0.1, 0.15) is 63.9 Å². The molecule has 1 aromatic carbocycles. The SMILES string of the molecule is CCCCCCCCCCc1ccc2oc(N3CCNCC3)nc2c1.Cl. The first-order chi connectivity index (χ1) is 12.4. The van der Waals surface area contributed by atoms with Gasteiger partial charge in [0.15, 0.2) is 5.58 Å². The van der Waals surface area contributed by atoms with E-state index in [4.69, 9.17) is 9.40 Å². The minimum Gasteiger partial charge on any atom is -0.423 e. The quantitative estimate of drug-likeness (QED) is 0.565. The van der Waals surface area contributed by atoms with Crippen LogP contribution in [0.3, 0.4) is 0 Å². The number of hydrogen-bond acceptors (Lipinski definition) is 4. The summed E-state index contributed by atoms with van der Waals surface area (Å²) in [7, 11) is 0. The zero-order valence-corrected chi connectivity index (χ0v) is 17.0. The van der Waals surface area contributed by atoms with Crippen LogP contribution >= 0.6 is 12.4 Å². The molecule has 146 valence electrons.